The number of amides is 1. The average molecular weight is 275 g/mol. The molecule has 0 radical (unpaired) electrons. The van der Waals surface area contributed by atoms with Crippen LogP contribution in [0.4, 0.5) is 11.4 Å². The van der Waals surface area contributed by atoms with Crippen molar-refractivity contribution in [3.8, 4) is 5.75 Å². The lowest BCUT2D eigenvalue weighted by Crippen LogP contribution is -2.33. The molecule has 0 spiro atoms. The van der Waals surface area contributed by atoms with E-state index >= 15 is 0 Å². The number of carbonyl (C=O) groups excluding carboxylic acids is 1. The highest BCUT2D eigenvalue weighted by atomic mass is 16.5. The van der Waals surface area contributed by atoms with Crippen LogP contribution in [0.15, 0.2) is 18.2 Å². The molecule has 1 aromatic rings. The molecule has 20 heavy (non-hydrogen) atoms. The molecule has 5 heteroatoms. The van der Waals surface area contributed by atoms with E-state index in [9.17, 15) is 4.79 Å². The summed E-state index contributed by atoms with van der Waals surface area (Å²) >= 11 is 0. The van der Waals surface area contributed by atoms with Crippen molar-refractivity contribution in [2.45, 2.75) is 12.8 Å². The number of ether oxygens (including phenoxy) is 1. The summed E-state index contributed by atoms with van der Waals surface area (Å²) in [6.45, 7) is 3.46. The highest BCUT2D eigenvalue weighted by Gasteiger charge is 2.18. The second-order valence-electron chi connectivity index (χ2n) is 5.68. The number of anilines is 2. The Bertz CT molecular complexity index is 496. The second-order valence-corrected chi connectivity index (χ2v) is 5.68. The Morgan fingerprint density at radius 1 is 1.40 bits per heavy atom. The number of hydrogen-bond acceptors (Lipinski definition) is 4. The van der Waals surface area contributed by atoms with Crippen LogP contribution in [0, 0.1) is 5.92 Å². The van der Waals surface area contributed by atoms with Gasteiger partial charge in [-0.1, -0.05) is 0 Å². The molecule has 0 bridgehead atoms. The van der Waals surface area contributed by atoms with Gasteiger partial charge in [0, 0.05) is 12.2 Å². The lowest BCUT2D eigenvalue weighted by molar-refractivity contribution is -0.118. The van der Waals surface area contributed by atoms with Gasteiger partial charge in [-0.15, -0.1) is 0 Å². The lowest BCUT2D eigenvalue weighted by Gasteiger charge is -2.29. The first-order valence-corrected chi connectivity index (χ1v) is 7.20. The number of piperidine rings is 1. The van der Waals surface area contributed by atoms with Crippen molar-refractivity contribution in [3.63, 3.8) is 0 Å². The van der Waals surface area contributed by atoms with Gasteiger partial charge in [-0.25, -0.2) is 0 Å². The van der Waals surface area contributed by atoms with Crippen molar-refractivity contribution in [1.82, 2.24) is 4.90 Å². The van der Waals surface area contributed by atoms with E-state index in [2.05, 4.69) is 22.6 Å². The normalized spacial score (nSPS) is 19.9. The van der Waals surface area contributed by atoms with E-state index in [1.165, 1.54) is 25.9 Å². The van der Waals surface area contributed by atoms with E-state index in [-0.39, 0.29) is 12.5 Å². The van der Waals surface area contributed by atoms with Crippen molar-refractivity contribution in [2.24, 2.45) is 5.92 Å². The number of fused-ring (bicyclic) bond motifs is 1. The Labute approximate surface area is 119 Å². The molecular formula is C15H21N3O2. The van der Waals surface area contributed by atoms with Crippen molar-refractivity contribution in [3.05, 3.63) is 18.2 Å². The minimum Gasteiger partial charge on any atom is -0.482 e. The van der Waals surface area contributed by atoms with Crippen molar-refractivity contribution < 1.29 is 9.53 Å². The maximum absolute atomic E-state index is 11.3. The van der Waals surface area contributed by atoms with E-state index in [0.29, 0.717) is 0 Å². The molecule has 5 nitrogen and oxygen atoms in total. The summed E-state index contributed by atoms with van der Waals surface area (Å²) in [5.74, 6) is 1.38. The van der Waals surface area contributed by atoms with Crippen LogP contribution < -0.4 is 15.4 Å². The highest BCUT2D eigenvalue weighted by molar-refractivity contribution is 5.95. The number of nitrogens with zero attached hydrogens (tertiary/aromatic N) is 1. The maximum Gasteiger partial charge on any atom is 0.262 e. The largest absolute Gasteiger partial charge is 0.482 e. The molecule has 0 atom stereocenters. The van der Waals surface area contributed by atoms with Crippen molar-refractivity contribution in [1.29, 1.82) is 0 Å². The van der Waals surface area contributed by atoms with Gasteiger partial charge in [0.2, 0.25) is 0 Å². The van der Waals surface area contributed by atoms with E-state index in [0.717, 1.165) is 29.6 Å². The highest BCUT2D eigenvalue weighted by Crippen LogP contribution is 2.30. The first-order valence-electron chi connectivity index (χ1n) is 7.20. The summed E-state index contributed by atoms with van der Waals surface area (Å²) in [5.41, 5.74) is 1.79. The fourth-order valence-corrected chi connectivity index (χ4v) is 2.72. The Morgan fingerprint density at radius 2 is 2.20 bits per heavy atom. The van der Waals surface area contributed by atoms with Gasteiger partial charge in [-0.05, 0) is 57.1 Å². The quantitative estimate of drug-likeness (QED) is 0.883. The molecular weight excluding hydrogens is 254 g/mol. The van der Waals surface area contributed by atoms with Gasteiger partial charge in [0.25, 0.3) is 5.91 Å². The first kappa shape index (κ1) is 13.2. The summed E-state index contributed by atoms with van der Waals surface area (Å²) < 4.78 is 5.35. The Morgan fingerprint density at radius 3 is 3.00 bits per heavy atom. The van der Waals surface area contributed by atoms with Crippen molar-refractivity contribution in [2.75, 3.05) is 43.9 Å². The molecule has 2 N–H and O–H groups in total. The van der Waals surface area contributed by atoms with Crippen molar-refractivity contribution >= 4 is 17.3 Å². The Kier molecular flexibility index (Phi) is 3.78. The third kappa shape index (κ3) is 3.04. The fraction of sp³-hybridized carbons (Fsp3) is 0.533. The van der Waals surface area contributed by atoms with E-state index in [1.807, 2.05) is 18.2 Å². The van der Waals surface area contributed by atoms with Crippen LogP contribution in [0.2, 0.25) is 0 Å². The van der Waals surface area contributed by atoms with E-state index < -0.39 is 0 Å². The van der Waals surface area contributed by atoms with Gasteiger partial charge in [0.15, 0.2) is 6.61 Å². The van der Waals surface area contributed by atoms with Gasteiger partial charge >= 0.3 is 0 Å². The smallest absolute Gasteiger partial charge is 0.262 e. The van der Waals surface area contributed by atoms with Crippen LogP contribution in [0.5, 0.6) is 5.75 Å². The van der Waals surface area contributed by atoms with E-state index in [1.54, 1.807) is 0 Å². The minimum absolute atomic E-state index is 0.0926. The lowest BCUT2D eigenvalue weighted by atomic mass is 9.97. The molecule has 0 aliphatic carbocycles. The van der Waals surface area contributed by atoms with Gasteiger partial charge in [0.1, 0.15) is 5.75 Å². The van der Waals surface area contributed by atoms with Crippen LogP contribution in [0.25, 0.3) is 0 Å². The van der Waals surface area contributed by atoms with Gasteiger partial charge < -0.3 is 20.3 Å². The predicted octanol–water partition coefficient (Wildman–Crippen LogP) is 1.77. The zero-order valence-electron chi connectivity index (χ0n) is 11.8. The second kappa shape index (κ2) is 5.71. The predicted molar refractivity (Wildman–Crippen MR) is 79.3 cm³/mol. The molecule has 1 saturated heterocycles. The minimum atomic E-state index is -0.0926. The Balaban J connectivity index is 1.58. The SMILES string of the molecule is CN1CCC(CNc2ccc3c(c2)NC(=O)CO3)CC1. The first-order chi connectivity index (χ1) is 9.70. The van der Waals surface area contributed by atoms with Crippen LogP contribution in [0.3, 0.4) is 0 Å². The van der Waals surface area contributed by atoms with Crippen LogP contribution >= 0.6 is 0 Å². The third-order valence-electron chi connectivity index (χ3n) is 4.05. The molecule has 1 aromatic carbocycles. The topological polar surface area (TPSA) is 53.6 Å². The molecule has 1 fully saturated rings. The number of hydrogen-bond donors (Lipinski definition) is 2. The zero-order chi connectivity index (χ0) is 13.9. The molecule has 0 saturated carbocycles. The van der Waals surface area contributed by atoms with Gasteiger partial charge in [0.05, 0.1) is 5.69 Å². The van der Waals surface area contributed by atoms with Crippen LogP contribution in [0.1, 0.15) is 12.8 Å². The molecule has 0 aromatic heterocycles. The summed E-state index contributed by atoms with van der Waals surface area (Å²) in [4.78, 5) is 13.7. The molecule has 2 heterocycles. The third-order valence-corrected chi connectivity index (χ3v) is 4.05. The number of likely N-dealkylation sites (tertiary alicyclic amines) is 1. The summed E-state index contributed by atoms with van der Waals surface area (Å²) in [7, 11) is 2.18. The number of carbonyl (C=O) groups is 1. The van der Waals surface area contributed by atoms with E-state index in [4.69, 9.17) is 4.74 Å². The van der Waals surface area contributed by atoms with Gasteiger partial charge in [-0.3, -0.25) is 4.79 Å². The number of nitrogens with one attached hydrogen (secondary N) is 2. The molecule has 0 unspecified atom stereocenters. The average Bonchev–Trinajstić information content (AvgIpc) is 2.46. The number of rotatable bonds is 3. The van der Waals surface area contributed by atoms with Gasteiger partial charge in [-0.2, -0.15) is 0 Å². The molecule has 2 aliphatic heterocycles. The summed E-state index contributed by atoms with van der Waals surface area (Å²) in [5, 5.41) is 6.30. The monoisotopic (exact) mass is 275 g/mol. The number of benzene rings is 1. The molecule has 2 aliphatic rings. The summed E-state index contributed by atoms with van der Waals surface area (Å²) in [6, 6.07) is 5.86. The van der Waals surface area contributed by atoms with Crippen LogP contribution in [-0.4, -0.2) is 44.1 Å². The Hall–Kier alpha value is -1.75. The molecule has 3 rings (SSSR count). The summed E-state index contributed by atoms with van der Waals surface area (Å²) in [6.07, 6.45) is 2.49. The zero-order valence-corrected chi connectivity index (χ0v) is 11.8. The standard InChI is InChI=1S/C15H21N3O2/c1-18-6-4-11(5-7-18)9-16-12-2-3-14-13(8-12)17-15(19)10-20-14/h2-3,8,11,16H,4-7,9-10H2,1H3,(H,17,19). The maximum atomic E-state index is 11.3. The fourth-order valence-electron chi connectivity index (χ4n) is 2.72. The van der Waals surface area contributed by atoms with Crippen LogP contribution in [-0.2, 0) is 4.79 Å². The molecule has 1 amide bonds. The molecule has 108 valence electrons.